The van der Waals surface area contributed by atoms with E-state index in [0.29, 0.717) is 0 Å². The molecule has 24 heavy (non-hydrogen) atoms. The number of hydrogen-bond acceptors (Lipinski definition) is 5. The lowest BCUT2D eigenvalue weighted by molar-refractivity contribution is 0.866. The van der Waals surface area contributed by atoms with Crippen molar-refractivity contribution in [2.75, 3.05) is 36.2 Å². The van der Waals surface area contributed by atoms with Gasteiger partial charge in [0.25, 0.3) is 0 Å². The number of thioether (sulfide) groups is 1. The zero-order chi connectivity index (χ0) is 17.2. The highest BCUT2D eigenvalue weighted by atomic mass is 32.2. The number of nitrogens with one attached hydrogen (secondary N) is 2. The normalized spacial score (nSPS) is 11.2. The zero-order valence-electron chi connectivity index (χ0n) is 14.6. The number of anilines is 2. The van der Waals surface area contributed by atoms with Gasteiger partial charge in [-0.2, -0.15) is 0 Å². The molecule has 0 unspecified atom stereocenters. The molecule has 2 N–H and O–H groups in total. The van der Waals surface area contributed by atoms with Gasteiger partial charge in [0.05, 0.1) is 5.88 Å². The largest absolute Gasteiger partial charge is 0.387 e. The summed E-state index contributed by atoms with van der Waals surface area (Å²) in [6.07, 6.45) is 1.79. The minimum Gasteiger partial charge on any atom is -0.387 e. The maximum Gasteiger partial charge on any atom is 0.126 e. The molecular formula is C19H26N4S. The molecule has 0 atom stereocenters. The monoisotopic (exact) mass is 342 g/mol. The SMILES string of the molecule is CCN(CC)c1ccc(/C(=C/SCNc2ccccn2)NC)cc1. The standard InChI is InChI=1S/C19H26N4S/c1-4-23(5-2)17-11-9-16(10-12-17)18(20-3)14-24-15-22-19-8-6-7-13-21-19/h6-14,20H,4-5,15H2,1-3H3,(H,21,22)/b18-14-. The Labute approximate surface area is 149 Å². The van der Waals surface area contributed by atoms with Crippen molar-refractivity contribution in [3.05, 3.63) is 59.6 Å². The first-order chi connectivity index (χ1) is 11.8. The van der Waals surface area contributed by atoms with Gasteiger partial charge in [-0.1, -0.05) is 18.2 Å². The summed E-state index contributed by atoms with van der Waals surface area (Å²) < 4.78 is 0. The van der Waals surface area contributed by atoms with Crippen LogP contribution in [0, 0.1) is 0 Å². The van der Waals surface area contributed by atoms with Gasteiger partial charge in [0.15, 0.2) is 0 Å². The van der Waals surface area contributed by atoms with E-state index >= 15 is 0 Å². The summed E-state index contributed by atoms with van der Waals surface area (Å²) in [6, 6.07) is 14.6. The van der Waals surface area contributed by atoms with Crippen LogP contribution in [-0.2, 0) is 0 Å². The van der Waals surface area contributed by atoms with Crippen LogP contribution in [0.1, 0.15) is 19.4 Å². The van der Waals surface area contributed by atoms with Crippen molar-refractivity contribution in [1.29, 1.82) is 0 Å². The van der Waals surface area contributed by atoms with Crippen molar-refractivity contribution in [2.24, 2.45) is 0 Å². The van der Waals surface area contributed by atoms with E-state index in [1.54, 1.807) is 18.0 Å². The second-order valence-corrected chi connectivity index (χ2v) is 6.06. The van der Waals surface area contributed by atoms with Gasteiger partial charge in [0.1, 0.15) is 5.82 Å². The lowest BCUT2D eigenvalue weighted by Gasteiger charge is -2.21. The Morgan fingerprint density at radius 3 is 2.46 bits per heavy atom. The smallest absolute Gasteiger partial charge is 0.126 e. The fourth-order valence-electron chi connectivity index (χ4n) is 2.42. The number of nitrogens with zero attached hydrogens (tertiary/aromatic N) is 2. The summed E-state index contributed by atoms with van der Waals surface area (Å²) in [5.41, 5.74) is 3.58. The molecule has 0 fully saturated rings. The summed E-state index contributed by atoms with van der Waals surface area (Å²) in [6.45, 7) is 6.42. The van der Waals surface area contributed by atoms with Crippen LogP contribution >= 0.6 is 11.8 Å². The Kier molecular flexibility index (Phi) is 7.49. The quantitative estimate of drug-likeness (QED) is 0.527. The fraction of sp³-hybridized carbons (Fsp3) is 0.316. The second kappa shape index (κ2) is 9.88. The minimum absolute atomic E-state index is 0.778. The Bertz CT molecular complexity index is 622. The average molecular weight is 343 g/mol. The molecule has 0 saturated heterocycles. The molecule has 1 aromatic carbocycles. The maximum atomic E-state index is 4.25. The van der Waals surface area contributed by atoms with Gasteiger partial charge in [-0.3, -0.25) is 0 Å². The predicted molar refractivity (Wildman–Crippen MR) is 107 cm³/mol. The summed E-state index contributed by atoms with van der Waals surface area (Å²) in [4.78, 5) is 6.60. The Hall–Kier alpha value is -2.14. The summed E-state index contributed by atoms with van der Waals surface area (Å²) >= 11 is 1.71. The molecule has 0 saturated carbocycles. The topological polar surface area (TPSA) is 40.2 Å². The van der Waals surface area contributed by atoms with Crippen molar-refractivity contribution in [3.63, 3.8) is 0 Å². The lowest BCUT2D eigenvalue weighted by atomic mass is 10.1. The third kappa shape index (κ3) is 5.20. The summed E-state index contributed by atoms with van der Waals surface area (Å²) in [7, 11) is 1.96. The van der Waals surface area contributed by atoms with Gasteiger partial charge in [-0.15, -0.1) is 11.8 Å². The Balaban J connectivity index is 1.94. The Morgan fingerprint density at radius 1 is 1.12 bits per heavy atom. The van der Waals surface area contributed by atoms with Gasteiger partial charge in [-0.05, 0) is 49.1 Å². The highest BCUT2D eigenvalue weighted by Gasteiger charge is 2.03. The number of benzene rings is 1. The van der Waals surface area contributed by atoms with E-state index in [9.17, 15) is 0 Å². The van der Waals surface area contributed by atoms with Crippen LogP contribution < -0.4 is 15.5 Å². The van der Waals surface area contributed by atoms with Gasteiger partial charge in [-0.25, -0.2) is 4.98 Å². The molecule has 2 aromatic rings. The average Bonchev–Trinajstić information content (AvgIpc) is 2.64. The number of pyridine rings is 1. The molecule has 2 rings (SSSR count). The first-order valence-electron chi connectivity index (χ1n) is 8.28. The molecule has 5 heteroatoms. The van der Waals surface area contributed by atoms with Crippen molar-refractivity contribution >= 4 is 29.0 Å². The van der Waals surface area contributed by atoms with E-state index in [-0.39, 0.29) is 0 Å². The highest BCUT2D eigenvalue weighted by molar-refractivity contribution is 8.02. The van der Waals surface area contributed by atoms with E-state index < -0.39 is 0 Å². The molecule has 0 aliphatic heterocycles. The van der Waals surface area contributed by atoms with Crippen molar-refractivity contribution in [1.82, 2.24) is 10.3 Å². The van der Waals surface area contributed by atoms with Gasteiger partial charge < -0.3 is 15.5 Å². The van der Waals surface area contributed by atoms with Crippen molar-refractivity contribution in [3.8, 4) is 0 Å². The molecule has 0 spiro atoms. The van der Waals surface area contributed by atoms with E-state index in [0.717, 1.165) is 30.5 Å². The molecule has 128 valence electrons. The van der Waals surface area contributed by atoms with Crippen LogP contribution in [0.2, 0.25) is 0 Å². The first kappa shape index (κ1) is 18.2. The van der Waals surface area contributed by atoms with Gasteiger partial charge >= 0.3 is 0 Å². The number of hydrogen-bond donors (Lipinski definition) is 2. The van der Waals surface area contributed by atoms with Crippen molar-refractivity contribution in [2.45, 2.75) is 13.8 Å². The Morgan fingerprint density at radius 2 is 1.88 bits per heavy atom. The molecular weight excluding hydrogens is 316 g/mol. The van der Waals surface area contributed by atoms with Crippen molar-refractivity contribution < 1.29 is 0 Å². The molecule has 0 aliphatic rings. The summed E-state index contributed by atoms with van der Waals surface area (Å²) in [5, 5.41) is 8.71. The summed E-state index contributed by atoms with van der Waals surface area (Å²) in [5.74, 6) is 1.67. The van der Waals surface area contributed by atoms with Crippen LogP contribution in [0.3, 0.4) is 0 Å². The highest BCUT2D eigenvalue weighted by Crippen LogP contribution is 2.20. The molecule has 0 radical (unpaired) electrons. The third-order valence-corrected chi connectivity index (χ3v) is 4.49. The van der Waals surface area contributed by atoms with Crippen LogP contribution in [0.25, 0.3) is 5.70 Å². The maximum absolute atomic E-state index is 4.25. The zero-order valence-corrected chi connectivity index (χ0v) is 15.4. The van der Waals surface area contributed by atoms with E-state index in [4.69, 9.17) is 0 Å². The van der Waals surface area contributed by atoms with Crippen LogP contribution in [0.5, 0.6) is 0 Å². The van der Waals surface area contributed by atoms with E-state index in [1.807, 2.05) is 25.2 Å². The number of aromatic nitrogens is 1. The molecule has 1 heterocycles. The molecule has 0 aliphatic carbocycles. The second-order valence-electron chi connectivity index (χ2n) is 5.20. The fourth-order valence-corrected chi connectivity index (χ4v) is 3.15. The van der Waals surface area contributed by atoms with Crippen LogP contribution in [-0.4, -0.2) is 31.0 Å². The van der Waals surface area contributed by atoms with Gasteiger partial charge in [0.2, 0.25) is 0 Å². The molecule has 4 nitrogen and oxygen atoms in total. The van der Waals surface area contributed by atoms with E-state index in [2.05, 4.69) is 64.0 Å². The van der Waals surface area contributed by atoms with Crippen LogP contribution in [0.4, 0.5) is 11.5 Å². The molecule has 1 aromatic heterocycles. The van der Waals surface area contributed by atoms with Gasteiger partial charge in [0, 0.05) is 37.7 Å². The first-order valence-corrected chi connectivity index (χ1v) is 9.33. The molecule has 0 amide bonds. The molecule has 0 bridgehead atoms. The number of rotatable bonds is 9. The lowest BCUT2D eigenvalue weighted by Crippen LogP contribution is -2.21. The minimum atomic E-state index is 0.778. The van der Waals surface area contributed by atoms with E-state index in [1.165, 1.54) is 11.3 Å². The third-order valence-electron chi connectivity index (χ3n) is 3.78. The van der Waals surface area contributed by atoms with Crippen LogP contribution in [0.15, 0.2) is 54.1 Å². The predicted octanol–water partition coefficient (Wildman–Crippen LogP) is 4.25.